The molecule has 29 heavy (non-hydrogen) atoms. The molecule has 3 rings (SSSR count). The van der Waals surface area contributed by atoms with Crippen molar-refractivity contribution in [1.29, 1.82) is 0 Å². The van der Waals surface area contributed by atoms with Crippen molar-refractivity contribution in [3.63, 3.8) is 0 Å². The summed E-state index contributed by atoms with van der Waals surface area (Å²) in [5.74, 6) is -1.74. The number of fused-ring (bicyclic) bond motifs is 1. The first-order valence-corrected chi connectivity index (χ1v) is 8.69. The van der Waals surface area contributed by atoms with E-state index in [0.717, 1.165) is 11.1 Å². The van der Waals surface area contributed by atoms with Gasteiger partial charge in [-0.2, -0.15) is 0 Å². The van der Waals surface area contributed by atoms with E-state index < -0.39 is 17.6 Å². The van der Waals surface area contributed by atoms with Crippen LogP contribution in [0.4, 0.5) is 10.2 Å². The lowest BCUT2D eigenvalue weighted by atomic mass is 10.0. The molecule has 0 spiro atoms. The highest BCUT2D eigenvalue weighted by Crippen LogP contribution is 2.31. The zero-order chi connectivity index (χ0) is 21.0. The Morgan fingerprint density at radius 1 is 1.21 bits per heavy atom. The van der Waals surface area contributed by atoms with Crippen LogP contribution in [-0.4, -0.2) is 47.7 Å². The largest absolute Gasteiger partial charge is 0.504 e. The Morgan fingerprint density at radius 2 is 1.93 bits per heavy atom. The first-order chi connectivity index (χ1) is 13.9. The molecule has 0 aliphatic heterocycles. The number of aromatic nitrogens is 2. The van der Waals surface area contributed by atoms with E-state index in [0.29, 0.717) is 11.8 Å². The Kier molecular flexibility index (Phi) is 5.99. The molecule has 150 valence electrons. The predicted molar refractivity (Wildman–Crippen MR) is 104 cm³/mol. The van der Waals surface area contributed by atoms with Crippen molar-refractivity contribution >= 4 is 28.5 Å². The molecule has 2 heterocycles. The lowest BCUT2D eigenvalue weighted by Gasteiger charge is -2.13. The van der Waals surface area contributed by atoms with E-state index in [1.54, 1.807) is 24.4 Å². The predicted octanol–water partition coefficient (Wildman–Crippen LogP) is 2.01. The first-order valence-electron chi connectivity index (χ1n) is 8.69. The third-order valence-corrected chi connectivity index (χ3v) is 4.17. The van der Waals surface area contributed by atoms with E-state index in [2.05, 4.69) is 20.6 Å². The monoisotopic (exact) mass is 398 g/mol. The number of benzene rings is 1. The first kappa shape index (κ1) is 20.2. The number of halogens is 1. The molecule has 0 fully saturated rings. The van der Waals surface area contributed by atoms with Gasteiger partial charge >= 0.3 is 0 Å². The van der Waals surface area contributed by atoms with Gasteiger partial charge in [0.1, 0.15) is 23.8 Å². The molecule has 0 saturated carbocycles. The number of carbonyl (C=O) groups excluding carboxylic acids is 2. The highest BCUT2D eigenvalue weighted by molar-refractivity contribution is 6.06. The number of aromatic hydroxyl groups is 1. The van der Waals surface area contributed by atoms with Gasteiger partial charge in [0.15, 0.2) is 11.4 Å². The smallest absolute Gasteiger partial charge is 0.273 e. The van der Waals surface area contributed by atoms with Gasteiger partial charge in [-0.1, -0.05) is 12.1 Å². The maximum Gasteiger partial charge on any atom is 0.273 e. The molecular weight excluding hydrogens is 379 g/mol. The number of ether oxygens (including phenoxy) is 1. The minimum atomic E-state index is -0.621. The van der Waals surface area contributed by atoms with Crippen LogP contribution in [0.2, 0.25) is 0 Å². The van der Waals surface area contributed by atoms with Gasteiger partial charge in [-0.25, -0.2) is 9.37 Å². The summed E-state index contributed by atoms with van der Waals surface area (Å²) in [5, 5.41) is 15.8. The van der Waals surface area contributed by atoms with E-state index in [1.165, 1.54) is 26.3 Å². The second-order valence-electron chi connectivity index (χ2n) is 6.26. The van der Waals surface area contributed by atoms with Gasteiger partial charge in [-0.15, -0.1) is 0 Å². The second-order valence-corrected chi connectivity index (χ2v) is 6.26. The zero-order valence-corrected chi connectivity index (χ0v) is 15.8. The average Bonchev–Trinajstić information content (AvgIpc) is 2.71. The number of hydrogen-bond donors (Lipinski definition) is 3. The van der Waals surface area contributed by atoms with Gasteiger partial charge in [0.25, 0.3) is 11.8 Å². The normalized spacial score (nSPS) is 10.7. The van der Waals surface area contributed by atoms with Crippen LogP contribution in [0.25, 0.3) is 10.9 Å². The summed E-state index contributed by atoms with van der Waals surface area (Å²) in [4.78, 5) is 32.4. The second kappa shape index (κ2) is 8.61. The molecule has 1 aromatic carbocycles. The van der Waals surface area contributed by atoms with Gasteiger partial charge < -0.3 is 20.5 Å². The van der Waals surface area contributed by atoms with Gasteiger partial charge in [-0.3, -0.25) is 14.6 Å². The third-order valence-electron chi connectivity index (χ3n) is 4.17. The quantitative estimate of drug-likeness (QED) is 0.585. The van der Waals surface area contributed by atoms with E-state index in [4.69, 9.17) is 4.74 Å². The number of anilines is 1. The van der Waals surface area contributed by atoms with Gasteiger partial charge in [-0.05, 0) is 35.7 Å². The van der Waals surface area contributed by atoms with Crippen LogP contribution in [0.5, 0.6) is 5.75 Å². The van der Waals surface area contributed by atoms with Crippen molar-refractivity contribution in [3.05, 3.63) is 59.2 Å². The Hall–Kier alpha value is -3.59. The topological polar surface area (TPSA) is 113 Å². The Bertz CT molecular complexity index is 1070. The summed E-state index contributed by atoms with van der Waals surface area (Å²) in [7, 11) is 2.77. The fourth-order valence-electron chi connectivity index (χ4n) is 2.82. The van der Waals surface area contributed by atoms with E-state index in [-0.39, 0.29) is 29.5 Å². The lowest BCUT2D eigenvalue weighted by molar-refractivity contribution is -0.119. The van der Waals surface area contributed by atoms with Crippen LogP contribution in [0.1, 0.15) is 21.6 Å². The highest BCUT2D eigenvalue weighted by atomic mass is 19.1. The van der Waals surface area contributed by atoms with Gasteiger partial charge in [0.2, 0.25) is 0 Å². The summed E-state index contributed by atoms with van der Waals surface area (Å²) in [6.07, 6.45) is 1.99. The van der Waals surface area contributed by atoms with Crippen LogP contribution < -0.4 is 10.6 Å². The average molecular weight is 398 g/mol. The molecule has 2 aromatic heterocycles. The minimum absolute atomic E-state index is 0.0758. The summed E-state index contributed by atoms with van der Waals surface area (Å²) in [6, 6.07) is 7.75. The van der Waals surface area contributed by atoms with E-state index in [1.807, 2.05) is 0 Å². The van der Waals surface area contributed by atoms with Crippen molar-refractivity contribution in [2.24, 2.45) is 0 Å². The van der Waals surface area contributed by atoms with E-state index in [9.17, 15) is 19.1 Å². The molecule has 0 aliphatic carbocycles. The minimum Gasteiger partial charge on any atom is -0.504 e. The molecule has 9 heteroatoms. The molecule has 0 aliphatic rings. The SMILES string of the molecule is CNC(=O)c1nc(NC(=O)COC)c2cc(Cc3ccc(F)cc3)cnc2c1O. The molecule has 0 bridgehead atoms. The number of carbonyl (C=O) groups is 2. The van der Waals surface area contributed by atoms with Crippen molar-refractivity contribution in [2.45, 2.75) is 6.42 Å². The zero-order valence-electron chi connectivity index (χ0n) is 15.8. The van der Waals surface area contributed by atoms with Crippen LogP contribution in [0.15, 0.2) is 36.5 Å². The van der Waals surface area contributed by atoms with Crippen molar-refractivity contribution in [1.82, 2.24) is 15.3 Å². The van der Waals surface area contributed by atoms with Gasteiger partial charge in [0.05, 0.1) is 0 Å². The number of rotatable bonds is 6. The van der Waals surface area contributed by atoms with Crippen molar-refractivity contribution < 1.29 is 23.8 Å². The standard InChI is InChI=1S/C20H19FN4O4/c1-22-20(28)17-18(27)16-14(19(25-17)24-15(26)10-29-2)8-12(9-23-16)7-11-3-5-13(21)6-4-11/h3-6,8-9,27H,7,10H2,1-2H3,(H,22,28)(H,24,25,26). The number of amides is 2. The lowest BCUT2D eigenvalue weighted by Crippen LogP contribution is -2.22. The molecule has 0 atom stereocenters. The fourth-order valence-corrected chi connectivity index (χ4v) is 2.82. The molecule has 0 unspecified atom stereocenters. The molecule has 0 radical (unpaired) electrons. The Balaban J connectivity index is 2.09. The highest BCUT2D eigenvalue weighted by Gasteiger charge is 2.21. The van der Waals surface area contributed by atoms with Crippen LogP contribution in [0.3, 0.4) is 0 Å². The molecule has 2 amide bonds. The van der Waals surface area contributed by atoms with Crippen LogP contribution >= 0.6 is 0 Å². The molecule has 3 aromatic rings. The molecular formula is C20H19FN4O4. The van der Waals surface area contributed by atoms with Crippen LogP contribution in [-0.2, 0) is 16.0 Å². The van der Waals surface area contributed by atoms with Crippen molar-refractivity contribution in [2.75, 3.05) is 26.1 Å². The van der Waals surface area contributed by atoms with E-state index >= 15 is 0 Å². The summed E-state index contributed by atoms with van der Waals surface area (Å²) in [6.45, 7) is -0.206. The Morgan fingerprint density at radius 3 is 2.59 bits per heavy atom. The number of nitrogens with zero attached hydrogens (tertiary/aromatic N) is 2. The summed E-state index contributed by atoms with van der Waals surface area (Å²) >= 11 is 0. The maximum absolute atomic E-state index is 13.1. The number of hydrogen-bond acceptors (Lipinski definition) is 6. The molecule has 8 nitrogen and oxygen atoms in total. The fraction of sp³-hybridized carbons (Fsp3) is 0.200. The van der Waals surface area contributed by atoms with Gasteiger partial charge in [0, 0.05) is 25.7 Å². The summed E-state index contributed by atoms with van der Waals surface area (Å²) in [5.41, 5.74) is 1.47. The Labute approximate surface area is 165 Å². The number of pyridine rings is 2. The number of methoxy groups -OCH3 is 1. The van der Waals surface area contributed by atoms with Crippen molar-refractivity contribution in [3.8, 4) is 5.75 Å². The third kappa shape index (κ3) is 4.46. The summed E-state index contributed by atoms with van der Waals surface area (Å²) < 4.78 is 17.9. The molecule has 3 N–H and O–H groups in total. The molecule has 0 saturated heterocycles. The number of nitrogens with one attached hydrogen (secondary N) is 2. The van der Waals surface area contributed by atoms with Crippen LogP contribution in [0, 0.1) is 5.82 Å². The maximum atomic E-state index is 13.1.